The highest BCUT2D eigenvalue weighted by Crippen LogP contribution is 2.19. The van der Waals surface area contributed by atoms with E-state index in [0.29, 0.717) is 54.0 Å². The molecule has 1 aromatic heterocycles. The second-order valence-corrected chi connectivity index (χ2v) is 9.55. The van der Waals surface area contributed by atoms with Gasteiger partial charge in [-0.2, -0.15) is 0 Å². The third kappa shape index (κ3) is 7.19. The minimum Gasteiger partial charge on any atom is -0.469 e. The van der Waals surface area contributed by atoms with Crippen molar-refractivity contribution in [3.05, 3.63) is 45.9 Å². The van der Waals surface area contributed by atoms with Gasteiger partial charge in [-0.1, -0.05) is 18.5 Å². The molecule has 0 unspecified atom stereocenters. The van der Waals surface area contributed by atoms with E-state index in [1.807, 2.05) is 4.90 Å². The summed E-state index contributed by atoms with van der Waals surface area (Å²) in [4.78, 5) is 57.3. The molecule has 0 bridgehead atoms. The van der Waals surface area contributed by atoms with Crippen LogP contribution in [0, 0.1) is 11.3 Å². The van der Waals surface area contributed by atoms with Crippen LogP contribution in [-0.2, 0) is 25.5 Å². The van der Waals surface area contributed by atoms with Gasteiger partial charge in [0.25, 0.3) is 5.91 Å². The SMILES string of the molecule is CC[C@@H](C(=N)C(=O)CN1CCN(C(=O)Cc2csc(NC(=O)c3ccc(Cl)cc3)n2)CC1)C(=O)OC. The number of ketones is 1. The van der Waals surface area contributed by atoms with E-state index in [-0.39, 0.29) is 30.5 Å². The lowest BCUT2D eigenvalue weighted by molar-refractivity contribution is -0.143. The van der Waals surface area contributed by atoms with Crippen molar-refractivity contribution in [1.29, 1.82) is 5.41 Å². The zero-order chi connectivity index (χ0) is 26.2. The Morgan fingerprint density at radius 1 is 1.17 bits per heavy atom. The number of esters is 1. The van der Waals surface area contributed by atoms with Crippen molar-refractivity contribution in [1.82, 2.24) is 14.8 Å². The number of thiazole rings is 1. The Bertz CT molecular complexity index is 1130. The zero-order valence-corrected chi connectivity index (χ0v) is 21.7. The molecule has 0 aliphatic carbocycles. The quantitative estimate of drug-likeness (QED) is 0.354. The number of amides is 2. The first-order valence-electron chi connectivity index (χ1n) is 11.4. The molecule has 1 saturated heterocycles. The molecule has 2 heterocycles. The molecule has 36 heavy (non-hydrogen) atoms. The van der Waals surface area contributed by atoms with Gasteiger partial charge in [-0.3, -0.25) is 29.4 Å². The van der Waals surface area contributed by atoms with Gasteiger partial charge in [0.2, 0.25) is 5.91 Å². The van der Waals surface area contributed by atoms with Gasteiger partial charge < -0.3 is 15.0 Å². The largest absolute Gasteiger partial charge is 0.469 e. The van der Waals surface area contributed by atoms with Crippen molar-refractivity contribution >= 4 is 57.3 Å². The van der Waals surface area contributed by atoms with Gasteiger partial charge >= 0.3 is 5.97 Å². The number of Topliss-reactive ketones (excluding diaryl/α,β-unsaturated/α-hetero) is 1. The van der Waals surface area contributed by atoms with Crippen LogP contribution in [0.25, 0.3) is 0 Å². The average molecular weight is 534 g/mol. The molecular weight excluding hydrogens is 506 g/mol. The Kier molecular flexibility index (Phi) is 9.68. The fourth-order valence-electron chi connectivity index (χ4n) is 3.75. The molecule has 192 valence electrons. The molecule has 1 fully saturated rings. The summed E-state index contributed by atoms with van der Waals surface area (Å²) >= 11 is 7.09. The number of anilines is 1. The molecule has 2 aromatic rings. The summed E-state index contributed by atoms with van der Waals surface area (Å²) in [6.07, 6.45) is 0.427. The molecule has 2 N–H and O–H groups in total. The molecule has 1 atom stereocenters. The lowest BCUT2D eigenvalue weighted by atomic mass is 9.97. The fraction of sp³-hybridized carbons (Fsp3) is 0.417. The number of nitrogens with one attached hydrogen (secondary N) is 2. The smallest absolute Gasteiger partial charge is 0.314 e. The summed E-state index contributed by atoms with van der Waals surface area (Å²) < 4.78 is 4.68. The molecule has 1 aliphatic heterocycles. The first-order valence-corrected chi connectivity index (χ1v) is 12.7. The summed E-state index contributed by atoms with van der Waals surface area (Å²) in [5.41, 5.74) is 0.774. The molecule has 12 heteroatoms. The maximum absolute atomic E-state index is 12.7. The topological polar surface area (TPSA) is 133 Å². The van der Waals surface area contributed by atoms with Crippen LogP contribution in [-0.4, -0.2) is 83.9 Å². The lowest BCUT2D eigenvalue weighted by Crippen LogP contribution is -2.51. The van der Waals surface area contributed by atoms with Crippen molar-refractivity contribution in [2.75, 3.05) is 45.2 Å². The summed E-state index contributed by atoms with van der Waals surface area (Å²) in [5, 5.41) is 13.5. The third-order valence-electron chi connectivity index (χ3n) is 5.85. The highest BCUT2D eigenvalue weighted by Gasteiger charge is 2.29. The van der Waals surface area contributed by atoms with Gasteiger partial charge in [0.15, 0.2) is 10.9 Å². The second kappa shape index (κ2) is 12.7. The van der Waals surface area contributed by atoms with Crippen LogP contribution in [0.1, 0.15) is 29.4 Å². The first kappa shape index (κ1) is 27.4. The predicted molar refractivity (Wildman–Crippen MR) is 137 cm³/mol. The number of rotatable bonds is 10. The van der Waals surface area contributed by atoms with E-state index in [2.05, 4.69) is 15.0 Å². The Hall–Kier alpha value is -3.15. The maximum Gasteiger partial charge on any atom is 0.314 e. The summed E-state index contributed by atoms with van der Waals surface area (Å²) in [5.74, 6) is -2.26. The van der Waals surface area contributed by atoms with Crippen molar-refractivity contribution in [2.45, 2.75) is 19.8 Å². The fourth-order valence-corrected chi connectivity index (χ4v) is 4.58. The number of carbonyl (C=O) groups excluding carboxylic acids is 4. The van der Waals surface area contributed by atoms with Gasteiger partial charge in [0.1, 0.15) is 5.92 Å². The van der Waals surface area contributed by atoms with Crippen molar-refractivity contribution in [3.63, 3.8) is 0 Å². The Morgan fingerprint density at radius 2 is 1.83 bits per heavy atom. The lowest BCUT2D eigenvalue weighted by Gasteiger charge is -2.34. The molecular formula is C24H28ClN5O5S. The molecule has 10 nitrogen and oxygen atoms in total. The molecule has 1 aliphatic rings. The van der Waals surface area contributed by atoms with Crippen LogP contribution >= 0.6 is 22.9 Å². The van der Waals surface area contributed by atoms with E-state index >= 15 is 0 Å². The van der Waals surface area contributed by atoms with E-state index < -0.39 is 17.7 Å². The van der Waals surface area contributed by atoms with E-state index in [1.54, 1.807) is 41.5 Å². The van der Waals surface area contributed by atoms with Gasteiger partial charge in [-0.15, -0.1) is 11.3 Å². The van der Waals surface area contributed by atoms with Crippen LogP contribution in [0.15, 0.2) is 29.6 Å². The van der Waals surface area contributed by atoms with Gasteiger partial charge in [-0.25, -0.2) is 4.98 Å². The predicted octanol–water partition coefficient (Wildman–Crippen LogP) is 2.52. The number of carbonyl (C=O) groups is 4. The minimum absolute atomic E-state index is 0.0249. The molecule has 0 radical (unpaired) electrons. The number of aromatic nitrogens is 1. The van der Waals surface area contributed by atoms with Gasteiger partial charge in [0, 0.05) is 42.1 Å². The molecule has 2 amide bonds. The second-order valence-electron chi connectivity index (χ2n) is 8.26. The van der Waals surface area contributed by atoms with Gasteiger partial charge in [-0.05, 0) is 30.7 Å². The van der Waals surface area contributed by atoms with E-state index in [9.17, 15) is 19.2 Å². The number of methoxy groups -OCH3 is 1. The third-order valence-corrected chi connectivity index (χ3v) is 6.90. The molecule has 0 saturated carbocycles. The monoisotopic (exact) mass is 533 g/mol. The summed E-state index contributed by atoms with van der Waals surface area (Å²) in [6, 6.07) is 6.50. The number of hydrogen-bond donors (Lipinski definition) is 2. The number of benzene rings is 1. The Balaban J connectivity index is 1.45. The van der Waals surface area contributed by atoms with E-state index in [4.69, 9.17) is 17.0 Å². The van der Waals surface area contributed by atoms with Crippen LogP contribution in [0.2, 0.25) is 5.02 Å². The standard InChI is InChI=1S/C24H28ClN5O5S/c1-3-18(23(34)35-2)21(26)19(31)13-29-8-10-30(11-9-29)20(32)12-17-14-36-24(27-17)28-22(33)15-4-6-16(25)7-5-15/h4-7,14,18,26H,3,8-13H2,1-2H3,(H,27,28,33)/t18-/m0/s1. The number of ether oxygens (including phenoxy) is 1. The number of halogens is 1. The minimum atomic E-state index is -0.857. The Labute approximate surface area is 218 Å². The van der Waals surface area contributed by atoms with Crippen LogP contribution in [0.3, 0.4) is 0 Å². The summed E-state index contributed by atoms with van der Waals surface area (Å²) in [7, 11) is 1.24. The normalized spacial score (nSPS) is 14.7. The zero-order valence-electron chi connectivity index (χ0n) is 20.1. The average Bonchev–Trinajstić information content (AvgIpc) is 3.31. The van der Waals surface area contributed by atoms with Crippen LogP contribution in [0.5, 0.6) is 0 Å². The number of nitrogens with zero attached hydrogens (tertiary/aromatic N) is 3. The van der Waals surface area contributed by atoms with E-state index in [1.165, 1.54) is 18.4 Å². The highest BCUT2D eigenvalue weighted by atomic mass is 35.5. The highest BCUT2D eigenvalue weighted by molar-refractivity contribution is 7.14. The number of hydrogen-bond acceptors (Lipinski definition) is 9. The number of piperazine rings is 1. The molecule has 1 aromatic carbocycles. The molecule has 3 rings (SSSR count). The van der Waals surface area contributed by atoms with E-state index in [0.717, 1.165) is 0 Å². The first-order chi connectivity index (χ1) is 17.2. The van der Waals surface area contributed by atoms with Crippen molar-refractivity contribution in [2.24, 2.45) is 5.92 Å². The van der Waals surface area contributed by atoms with Gasteiger partial charge in [0.05, 0.1) is 31.5 Å². The maximum atomic E-state index is 12.7. The summed E-state index contributed by atoms with van der Waals surface area (Å²) in [6.45, 7) is 3.61. The van der Waals surface area contributed by atoms with Crippen LogP contribution in [0.4, 0.5) is 5.13 Å². The van der Waals surface area contributed by atoms with Crippen LogP contribution < -0.4 is 5.32 Å². The van der Waals surface area contributed by atoms with Crippen molar-refractivity contribution < 1.29 is 23.9 Å². The van der Waals surface area contributed by atoms with Crippen molar-refractivity contribution in [3.8, 4) is 0 Å². The Morgan fingerprint density at radius 3 is 2.44 bits per heavy atom. The molecule has 0 spiro atoms.